The van der Waals surface area contributed by atoms with Crippen molar-refractivity contribution < 1.29 is 14.4 Å². The van der Waals surface area contributed by atoms with Gasteiger partial charge in [0.2, 0.25) is 0 Å². The predicted molar refractivity (Wildman–Crippen MR) is 76.4 cm³/mol. The van der Waals surface area contributed by atoms with Gasteiger partial charge in [0.1, 0.15) is 10.6 Å². The fourth-order valence-electron chi connectivity index (χ4n) is 2.07. The van der Waals surface area contributed by atoms with E-state index in [0.717, 1.165) is 22.0 Å². The lowest BCUT2D eigenvalue weighted by Crippen LogP contribution is -2.02. The van der Waals surface area contributed by atoms with Crippen molar-refractivity contribution in [2.75, 3.05) is 0 Å². The minimum atomic E-state index is -0.900. The molecule has 0 bridgehead atoms. The second-order valence-electron chi connectivity index (χ2n) is 5.27. The molecule has 0 spiro atoms. The molecule has 0 aliphatic rings. The molecule has 108 valence electrons. The van der Waals surface area contributed by atoms with Gasteiger partial charge >= 0.3 is 5.97 Å². The van der Waals surface area contributed by atoms with E-state index in [-0.39, 0.29) is 0 Å². The van der Waals surface area contributed by atoms with Gasteiger partial charge in [-0.25, -0.2) is 9.78 Å². The van der Waals surface area contributed by atoms with Gasteiger partial charge < -0.3 is 9.63 Å². The summed E-state index contributed by atoms with van der Waals surface area (Å²) in [4.78, 5) is 16.1. The highest BCUT2D eigenvalue weighted by atomic mass is 32.1. The Morgan fingerprint density at radius 1 is 1.40 bits per heavy atom. The normalized spacial score (nSPS) is 11.2. The summed E-state index contributed by atoms with van der Waals surface area (Å²) in [6.45, 7) is 7.85. The first-order valence-corrected chi connectivity index (χ1v) is 7.33. The van der Waals surface area contributed by atoms with Gasteiger partial charge in [-0.1, -0.05) is 19.0 Å². The number of aryl methyl sites for hydroxylation is 2. The standard InChI is InChI=1S/C14H18N2O3S/c1-7(2)5-11-13(14(17)18)20-12(15-11)6-10-8(3)16-19-9(10)4/h7H,5-6H2,1-4H3,(H,17,18). The van der Waals surface area contributed by atoms with E-state index in [4.69, 9.17) is 4.52 Å². The van der Waals surface area contributed by atoms with Crippen molar-refractivity contribution in [3.63, 3.8) is 0 Å². The van der Waals surface area contributed by atoms with Crippen LogP contribution in [-0.4, -0.2) is 21.2 Å². The van der Waals surface area contributed by atoms with Crippen molar-refractivity contribution >= 4 is 17.3 Å². The van der Waals surface area contributed by atoms with Crippen molar-refractivity contribution in [2.45, 2.75) is 40.5 Å². The van der Waals surface area contributed by atoms with E-state index in [9.17, 15) is 9.90 Å². The van der Waals surface area contributed by atoms with Crippen LogP contribution >= 0.6 is 11.3 Å². The Balaban J connectivity index is 2.31. The second kappa shape index (κ2) is 5.75. The quantitative estimate of drug-likeness (QED) is 0.916. The number of aromatic carboxylic acids is 1. The van der Waals surface area contributed by atoms with E-state index in [1.54, 1.807) is 0 Å². The zero-order valence-electron chi connectivity index (χ0n) is 12.1. The van der Waals surface area contributed by atoms with Gasteiger partial charge in [-0.3, -0.25) is 0 Å². The summed E-state index contributed by atoms with van der Waals surface area (Å²) < 4.78 is 5.13. The molecule has 2 aromatic heterocycles. The first-order valence-electron chi connectivity index (χ1n) is 6.52. The summed E-state index contributed by atoms with van der Waals surface area (Å²) in [5.74, 6) is 0.241. The molecular weight excluding hydrogens is 276 g/mol. The van der Waals surface area contributed by atoms with Gasteiger partial charge in [-0.15, -0.1) is 11.3 Å². The first kappa shape index (κ1) is 14.7. The molecular formula is C14H18N2O3S. The fourth-order valence-corrected chi connectivity index (χ4v) is 3.02. The molecule has 0 atom stereocenters. The Morgan fingerprint density at radius 2 is 2.10 bits per heavy atom. The van der Waals surface area contributed by atoms with E-state index in [1.807, 2.05) is 13.8 Å². The highest BCUT2D eigenvalue weighted by molar-refractivity contribution is 7.13. The lowest BCUT2D eigenvalue weighted by Gasteiger charge is -2.01. The molecule has 0 aliphatic carbocycles. The van der Waals surface area contributed by atoms with Gasteiger partial charge in [-0.05, 0) is 26.2 Å². The molecule has 2 aromatic rings. The van der Waals surface area contributed by atoms with E-state index < -0.39 is 5.97 Å². The zero-order chi connectivity index (χ0) is 14.9. The molecule has 0 radical (unpaired) electrons. The van der Waals surface area contributed by atoms with Crippen LogP contribution in [0.1, 0.15) is 51.2 Å². The summed E-state index contributed by atoms with van der Waals surface area (Å²) >= 11 is 1.25. The number of carboxylic acids is 1. The Morgan fingerprint density at radius 3 is 2.60 bits per heavy atom. The van der Waals surface area contributed by atoms with Crippen LogP contribution in [0.15, 0.2) is 4.52 Å². The summed E-state index contributed by atoms with van der Waals surface area (Å²) in [5.41, 5.74) is 2.51. The maximum absolute atomic E-state index is 11.3. The van der Waals surface area contributed by atoms with E-state index in [1.165, 1.54) is 11.3 Å². The van der Waals surface area contributed by atoms with Crippen LogP contribution < -0.4 is 0 Å². The smallest absolute Gasteiger partial charge is 0.347 e. The first-order chi connectivity index (χ1) is 9.38. The summed E-state index contributed by atoms with van der Waals surface area (Å²) in [5, 5.41) is 14.0. The van der Waals surface area contributed by atoms with Crippen LogP contribution in [0.2, 0.25) is 0 Å². The third-order valence-electron chi connectivity index (χ3n) is 3.05. The monoisotopic (exact) mass is 294 g/mol. The lowest BCUT2D eigenvalue weighted by atomic mass is 10.1. The molecule has 0 saturated heterocycles. The number of aromatic nitrogens is 2. The van der Waals surface area contributed by atoms with E-state index in [0.29, 0.717) is 29.3 Å². The van der Waals surface area contributed by atoms with Gasteiger partial charge in [0.15, 0.2) is 0 Å². The Hall–Kier alpha value is -1.69. The number of carboxylic acid groups (broad SMARTS) is 1. The molecule has 20 heavy (non-hydrogen) atoms. The second-order valence-corrected chi connectivity index (χ2v) is 6.35. The van der Waals surface area contributed by atoms with Crippen molar-refractivity contribution in [2.24, 2.45) is 5.92 Å². The molecule has 2 heterocycles. The number of nitrogens with zero attached hydrogens (tertiary/aromatic N) is 2. The van der Waals surface area contributed by atoms with Crippen molar-refractivity contribution in [3.05, 3.63) is 32.6 Å². The largest absolute Gasteiger partial charge is 0.477 e. The summed E-state index contributed by atoms with van der Waals surface area (Å²) in [6.07, 6.45) is 1.25. The fraction of sp³-hybridized carbons (Fsp3) is 0.500. The molecule has 0 aromatic carbocycles. The van der Waals surface area contributed by atoms with Gasteiger partial charge in [-0.2, -0.15) is 0 Å². The summed E-state index contributed by atoms with van der Waals surface area (Å²) in [6, 6.07) is 0. The highest BCUT2D eigenvalue weighted by Crippen LogP contribution is 2.25. The molecule has 1 N–H and O–H groups in total. The number of rotatable bonds is 5. The van der Waals surface area contributed by atoms with Crippen molar-refractivity contribution in [1.29, 1.82) is 0 Å². The van der Waals surface area contributed by atoms with Crippen LogP contribution in [0, 0.1) is 19.8 Å². The molecule has 0 aliphatic heterocycles. The van der Waals surface area contributed by atoms with Crippen LogP contribution in [0.4, 0.5) is 0 Å². The number of hydrogen-bond acceptors (Lipinski definition) is 5. The molecule has 0 amide bonds. The van der Waals surface area contributed by atoms with Gasteiger partial charge in [0.05, 0.1) is 16.4 Å². The predicted octanol–water partition coefficient (Wildman–Crippen LogP) is 3.24. The average molecular weight is 294 g/mol. The minimum Gasteiger partial charge on any atom is -0.477 e. The van der Waals surface area contributed by atoms with Gasteiger partial charge in [0, 0.05) is 12.0 Å². The molecule has 2 rings (SSSR count). The van der Waals surface area contributed by atoms with Gasteiger partial charge in [0.25, 0.3) is 0 Å². The zero-order valence-corrected chi connectivity index (χ0v) is 12.9. The van der Waals surface area contributed by atoms with Crippen molar-refractivity contribution in [3.8, 4) is 0 Å². The molecule has 0 saturated carbocycles. The third-order valence-corrected chi connectivity index (χ3v) is 4.13. The Kier molecular flexibility index (Phi) is 4.23. The average Bonchev–Trinajstić information content (AvgIpc) is 2.87. The topological polar surface area (TPSA) is 76.2 Å². The molecule has 5 nitrogen and oxygen atoms in total. The van der Waals surface area contributed by atoms with Crippen LogP contribution in [0.25, 0.3) is 0 Å². The van der Waals surface area contributed by atoms with Crippen LogP contribution in [-0.2, 0) is 12.8 Å². The SMILES string of the molecule is Cc1noc(C)c1Cc1nc(CC(C)C)c(C(=O)O)s1. The molecule has 0 fully saturated rings. The van der Waals surface area contributed by atoms with Crippen LogP contribution in [0.5, 0.6) is 0 Å². The van der Waals surface area contributed by atoms with Crippen LogP contribution in [0.3, 0.4) is 0 Å². The molecule has 0 unspecified atom stereocenters. The summed E-state index contributed by atoms with van der Waals surface area (Å²) in [7, 11) is 0. The maximum Gasteiger partial charge on any atom is 0.347 e. The minimum absolute atomic E-state index is 0.348. The number of thiazole rings is 1. The highest BCUT2D eigenvalue weighted by Gasteiger charge is 2.20. The number of hydrogen-bond donors (Lipinski definition) is 1. The third kappa shape index (κ3) is 3.07. The van der Waals surface area contributed by atoms with Crippen molar-refractivity contribution in [1.82, 2.24) is 10.1 Å². The lowest BCUT2D eigenvalue weighted by molar-refractivity contribution is 0.0700. The Bertz CT molecular complexity index is 609. The Labute approximate surface area is 121 Å². The van der Waals surface area contributed by atoms with E-state index in [2.05, 4.69) is 24.0 Å². The maximum atomic E-state index is 11.3. The molecule has 6 heteroatoms. The number of carbonyl (C=O) groups is 1. The van der Waals surface area contributed by atoms with E-state index >= 15 is 0 Å².